The van der Waals surface area contributed by atoms with Gasteiger partial charge in [-0.25, -0.2) is 0 Å². The van der Waals surface area contributed by atoms with Crippen LogP contribution in [0.1, 0.15) is 39.5 Å². The summed E-state index contributed by atoms with van der Waals surface area (Å²) in [5, 5.41) is 0. The van der Waals surface area contributed by atoms with E-state index in [1.54, 1.807) is 0 Å². The highest BCUT2D eigenvalue weighted by Crippen LogP contribution is 2.50. The van der Waals surface area contributed by atoms with Crippen molar-refractivity contribution in [2.75, 3.05) is 0 Å². The van der Waals surface area contributed by atoms with E-state index in [0.717, 1.165) is 18.8 Å². The summed E-state index contributed by atoms with van der Waals surface area (Å²) in [7, 11) is 0. The maximum Gasteiger partial charge on any atom is 0.136 e. The average Bonchev–Trinajstić information content (AvgIpc) is 1.83. The van der Waals surface area contributed by atoms with Crippen molar-refractivity contribution >= 4 is 5.78 Å². The van der Waals surface area contributed by atoms with Crippen LogP contribution >= 0.6 is 0 Å². The first-order valence-electron chi connectivity index (χ1n) is 4.62. The van der Waals surface area contributed by atoms with Gasteiger partial charge in [-0.05, 0) is 30.6 Å². The number of carbonyl (C=O) groups is 1. The summed E-state index contributed by atoms with van der Waals surface area (Å²) in [6.07, 6.45) is 4.63. The van der Waals surface area contributed by atoms with Crippen LogP contribution in [-0.4, -0.2) is 5.78 Å². The largest absolute Gasteiger partial charge is 0.299 e. The van der Waals surface area contributed by atoms with E-state index in [-0.39, 0.29) is 0 Å². The summed E-state index contributed by atoms with van der Waals surface area (Å²) in [4.78, 5) is 11.5. The van der Waals surface area contributed by atoms with Gasteiger partial charge in [-0.3, -0.25) is 4.79 Å². The molecular weight excluding hydrogens is 136 g/mol. The molecule has 62 valence electrons. The lowest BCUT2D eigenvalue weighted by molar-refractivity contribution is -0.136. The second-order valence-electron chi connectivity index (χ2n) is 4.86. The van der Waals surface area contributed by atoms with Crippen molar-refractivity contribution in [2.45, 2.75) is 39.5 Å². The molecule has 0 radical (unpaired) electrons. The van der Waals surface area contributed by atoms with Crippen LogP contribution in [-0.2, 0) is 4.79 Å². The molecule has 0 amide bonds. The zero-order chi connectivity index (χ0) is 8.06. The summed E-state index contributed by atoms with van der Waals surface area (Å²) in [6.45, 7) is 4.50. The second kappa shape index (κ2) is 2.09. The Labute approximate surface area is 68.2 Å². The van der Waals surface area contributed by atoms with Gasteiger partial charge in [0.1, 0.15) is 5.78 Å². The van der Waals surface area contributed by atoms with Crippen molar-refractivity contribution in [3.63, 3.8) is 0 Å². The highest BCUT2D eigenvalue weighted by molar-refractivity contribution is 5.83. The number of Topliss-reactive ketones (excluding diaryl/α,β-unsaturated/α-hetero) is 1. The lowest BCUT2D eigenvalue weighted by Crippen LogP contribution is -2.43. The standard InChI is InChI=1S/C10H16O/c1-10(2)6-7-3-4-8(10)9(11)5-7/h7-8H,3-6H2,1-2H3. The third-order valence-corrected chi connectivity index (χ3v) is 3.50. The topological polar surface area (TPSA) is 17.1 Å². The van der Waals surface area contributed by atoms with E-state index in [2.05, 4.69) is 13.8 Å². The van der Waals surface area contributed by atoms with E-state index < -0.39 is 0 Å². The first kappa shape index (κ1) is 7.33. The minimum absolute atomic E-state index is 0.318. The summed E-state index contributed by atoms with van der Waals surface area (Å²) in [5.41, 5.74) is 0.318. The Morgan fingerprint density at radius 2 is 2.09 bits per heavy atom. The number of fused-ring (bicyclic) bond motifs is 3. The summed E-state index contributed by atoms with van der Waals surface area (Å²) in [6, 6.07) is 0. The van der Waals surface area contributed by atoms with Gasteiger partial charge in [0, 0.05) is 12.3 Å². The maximum absolute atomic E-state index is 11.5. The minimum Gasteiger partial charge on any atom is -0.299 e. The fourth-order valence-corrected chi connectivity index (χ4v) is 2.98. The molecule has 3 saturated carbocycles. The van der Waals surface area contributed by atoms with Crippen molar-refractivity contribution in [2.24, 2.45) is 17.3 Å². The number of rotatable bonds is 0. The molecule has 0 spiro atoms. The predicted molar refractivity (Wildman–Crippen MR) is 44.2 cm³/mol. The maximum atomic E-state index is 11.5. The van der Waals surface area contributed by atoms with E-state index in [1.165, 1.54) is 12.8 Å². The van der Waals surface area contributed by atoms with Crippen LogP contribution in [0.4, 0.5) is 0 Å². The number of carbonyl (C=O) groups excluding carboxylic acids is 1. The summed E-state index contributed by atoms with van der Waals surface area (Å²) in [5.74, 6) is 1.66. The molecule has 0 heterocycles. The Morgan fingerprint density at radius 3 is 2.45 bits per heavy atom. The van der Waals surface area contributed by atoms with Gasteiger partial charge in [-0.15, -0.1) is 0 Å². The Hall–Kier alpha value is -0.330. The highest BCUT2D eigenvalue weighted by atomic mass is 16.1. The van der Waals surface area contributed by atoms with E-state index in [4.69, 9.17) is 0 Å². The van der Waals surface area contributed by atoms with E-state index in [1.807, 2.05) is 0 Å². The zero-order valence-electron chi connectivity index (χ0n) is 7.39. The minimum atomic E-state index is 0.318. The molecule has 1 heteroatoms. The van der Waals surface area contributed by atoms with Crippen LogP contribution in [0.15, 0.2) is 0 Å². The smallest absolute Gasteiger partial charge is 0.136 e. The first-order chi connectivity index (χ1) is 5.09. The van der Waals surface area contributed by atoms with Crippen LogP contribution in [0.25, 0.3) is 0 Å². The molecule has 0 aromatic heterocycles. The monoisotopic (exact) mass is 152 g/mol. The molecule has 3 fully saturated rings. The van der Waals surface area contributed by atoms with Gasteiger partial charge in [-0.2, -0.15) is 0 Å². The molecule has 2 atom stereocenters. The Bertz CT molecular complexity index is 193. The molecule has 0 saturated heterocycles. The van der Waals surface area contributed by atoms with Gasteiger partial charge >= 0.3 is 0 Å². The molecule has 0 aromatic carbocycles. The van der Waals surface area contributed by atoms with Crippen LogP contribution in [0.5, 0.6) is 0 Å². The van der Waals surface area contributed by atoms with Gasteiger partial charge in [-0.1, -0.05) is 13.8 Å². The number of hydrogen-bond donors (Lipinski definition) is 0. The molecule has 0 aromatic rings. The molecule has 0 N–H and O–H groups in total. The number of ketones is 1. The Morgan fingerprint density at radius 1 is 1.36 bits per heavy atom. The molecule has 0 aliphatic heterocycles. The predicted octanol–water partition coefficient (Wildman–Crippen LogP) is 2.40. The van der Waals surface area contributed by atoms with Crippen molar-refractivity contribution in [3.05, 3.63) is 0 Å². The molecule has 2 unspecified atom stereocenters. The SMILES string of the molecule is CC1(C)CC2CCC1C(=O)C2. The van der Waals surface area contributed by atoms with Crippen molar-refractivity contribution < 1.29 is 4.79 Å². The third kappa shape index (κ3) is 1.02. The normalized spacial score (nSPS) is 41.1. The van der Waals surface area contributed by atoms with Gasteiger partial charge < -0.3 is 0 Å². The van der Waals surface area contributed by atoms with Crippen molar-refractivity contribution in [3.8, 4) is 0 Å². The zero-order valence-corrected chi connectivity index (χ0v) is 7.39. The molecule has 1 nitrogen and oxygen atoms in total. The van der Waals surface area contributed by atoms with E-state index >= 15 is 0 Å². The lowest BCUT2D eigenvalue weighted by Gasteiger charge is -2.46. The molecule has 3 aliphatic rings. The average molecular weight is 152 g/mol. The summed E-state index contributed by atoms with van der Waals surface area (Å²) >= 11 is 0. The van der Waals surface area contributed by atoms with Gasteiger partial charge in [0.05, 0.1) is 0 Å². The molecule has 3 rings (SSSR count). The van der Waals surface area contributed by atoms with Crippen molar-refractivity contribution in [1.82, 2.24) is 0 Å². The Balaban J connectivity index is 2.26. The fourth-order valence-electron chi connectivity index (χ4n) is 2.98. The molecule has 2 bridgehead atoms. The molecule has 11 heavy (non-hydrogen) atoms. The van der Waals surface area contributed by atoms with Crippen molar-refractivity contribution in [1.29, 1.82) is 0 Å². The summed E-state index contributed by atoms with van der Waals surface area (Å²) < 4.78 is 0. The molecular formula is C10H16O. The number of hydrogen-bond acceptors (Lipinski definition) is 1. The van der Waals surface area contributed by atoms with Crippen LogP contribution < -0.4 is 0 Å². The van der Waals surface area contributed by atoms with Crippen LogP contribution in [0.2, 0.25) is 0 Å². The fraction of sp³-hybridized carbons (Fsp3) is 0.900. The van der Waals surface area contributed by atoms with E-state index in [0.29, 0.717) is 17.1 Å². The molecule has 3 aliphatic carbocycles. The Kier molecular flexibility index (Phi) is 1.39. The van der Waals surface area contributed by atoms with Gasteiger partial charge in [0.25, 0.3) is 0 Å². The highest BCUT2D eigenvalue weighted by Gasteiger charge is 2.45. The van der Waals surface area contributed by atoms with Crippen LogP contribution in [0.3, 0.4) is 0 Å². The first-order valence-corrected chi connectivity index (χ1v) is 4.62. The van der Waals surface area contributed by atoms with E-state index in [9.17, 15) is 4.79 Å². The van der Waals surface area contributed by atoms with Crippen LogP contribution in [0, 0.1) is 17.3 Å². The van der Waals surface area contributed by atoms with Gasteiger partial charge in [0.2, 0.25) is 0 Å². The second-order valence-corrected chi connectivity index (χ2v) is 4.86. The van der Waals surface area contributed by atoms with Gasteiger partial charge in [0.15, 0.2) is 0 Å². The third-order valence-electron chi connectivity index (χ3n) is 3.50. The lowest BCUT2D eigenvalue weighted by atomic mass is 9.57. The quantitative estimate of drug-likeness (QED) is 0.521.